The average molecular weight is 190 g/mol. The van der Waals surface area contributed by atoms with E-state index >= 15 is 0 Å². The zero-order chi connectivity index (χ0) is 9.80. The summed E-state index contributed by atoms with van der Waals surface area (Å²) in [4.78, 5) is 4.01. The number of aromatic nitrogens is 5. The topological polar surface area (TPSA) is 68.5 Å². The smallest absolute Gasteiger partial charge is 0.170 e. The van der Waals surface area contributed by atoms with Crippen molar-refractivity contribution in [3.8, 4) is 5.69 Å². The van der Waals surface area contributed by atoms with Crippen molar-refractivity contribution in [2.75, 3.05) is 7.05 Å². The van der Waals surface area contributed by atoms with Crippen LogP contribution in [0.2, 0.25) is 0 Å². The standard InChI is InChI=1S/C8H10N6/c1-9-6-8-11-12-13-14(8)7-3-2-4-10-5-7/h2-5,9H,6H2,1H3. The molecule has 6 heteroatoms. The van der Waals surface area contributed by atoms with Crippen LogP contribution in [0.4, 0.5) is 0 Å². The summed E-state index contributed by atoms with van der Waals surface area (Å²) in [6.45, 7) is 0.627. The maximum absolute atomic E-state index is 4.01. The van der Waals surface area contributed by atoms with E-state index in [4.69, 9.17) is 0 Å². The number of hydrogen-bond acceptors (Lipinski definition) is 5. The van der Waals surface area contributed by atoms with Crippen LogP contribution in [0.25, 0.3) is 5.69 Å². The molecule has 0 aliphatic carbocycles. The van der Waals surface area contributed by atoms with E-state index in [1.54, 1.807) is 17.1 Å². The first-order valence-corrected chi connectivity index (χ1v) is 4.24. The predicted molar refractivity (Wildman–Crippen MR) is 49.7 cm³/mol. The monoisotopic (exact) mass is 190 g/mol. The molecule has 2 heterocycles. The average Bonchev–Trinajstić information content (AvgIpc) is 2.68. The fourth-order valence-electron chi connectivity index (χ4n) is 1.15. The summed E-state index contributed by atoms with van der Waals surface area (Å²) in [5, 5.41) is 14.4. The van der Waals surface area contributed by atoms with Crippen molar-refractivity contribution < 1.29 is 0 Å². The second-order valence-corrected chi connectivity index (χ2v) is 2.75. The molecule has 0 unspecified atom stereocenters. The molecule has 72 valence electrons. The summed E-state index contributed by atoms with van der Waals surface area (Å²) in [7, 11) is 1.85. The van der Waals surface area contributed by atoms with Crippen LogP contribution in [0.1, 0.15) is 5.82 Å². The van der Waals surface area contributed by atoms with Gasteiger partial charge in [0.2, 0.25) is 0 Å². The van der Waals surface area contributed by atoms with Gasteiger partial charge in [-0.25, -0.2) is 0 Å². The molecule has 0 saturated carbocycles. The quantitative estimate of drug-likeness (QED) is 0.724. The minimum atomic E-state index is 0.627. The molecule has 0 radical (unpaired) electrons. The molecule has 0 amide bonds. The van der Waals surface area contributed by atoms with Gasteiger partial charge in [-0.2, -0.15) is 4.68 Å². The van der Waals surface area contributed by atoms with E-state index in [9.17, 15) is 0 Å². The Balaban J connectivity index is 2.37. The predicted octanol–water partition coefficient (Wildman–Crippen LogP) is -0.223. The van der Waals surface area contributed by atoms with Gasteiger partial charge in [-0.05, 0) is 29.6 Å². The Kier molecular flexibility index (Phi) is 2.46. The molecule has 0 aliphatic heterocycles. The summed E-state index contributed by atoms with van der Waals surface area (Å²) >= 11 is 0. The van der Waals surface area contributed by atoms with Crippen molar-refractivity contribution in [2.45, 2.75) is 6.54 Å². The fourth-order valence-corrected chi connectivity index (χ4v) is 1.15. The van der Waals surface area contributed by atoms with Crippen molar-refractivity contribution in [3.05, 3.63) is 30.4 Å². The molecule has 6 nitrogen and oxygen atoms in total. The van der Waals surface area contributed by atoms with Gasteiger partial charge in [0, 0.05) is 6.20 Å². The van der Waals surface area contributed by atoms with Crippen molar-refractivity contribution in [1.29, 1.82) is 0 Å². The van der Waals surface area contributed by atoms with Crippen LogP contribution in [-0.4, -0.2) is 32.2 Å². The number of rotatable bonds is 3. The third-order valence-corrected chi connectivity index (χ3v) is 1.76. The van der Waals surface area contributed by atoms with Gasteiger partial charge in [0.15, 0.2) is 5.82 Å². The van der Waals surface area contributed by atoms with Crippen LogP contribution < -0.4 is 5.32 Å². The molecule has 2 rings (SSSR count). The molecule has 14 heavy (non-hydrogen) atoms. The van der Waals surface area contributed by atoms with Gasteiger partial charge in [-0.1, -0.05) is 0 Å². The number of tetrazole rings is 1. The van der Waals surface area contributed by atoms with Crippen molar-refractivity contribution >= 4 is 0 Å². The molecule has 0 aromatic carbocycles. The Morgan fingerprint density at radius 1 is 1.50 bits per heavy atom. The molecule has 0 aliphatic rings. The molecule has 2 aromatic heterocycles. The molecule has 0 saturated heterocycles. The van der Waals surface area contributed by atoms with Gasteiger partial charge in [-0.3, -0.25) is 4.98 Å². The fraction of sp³-hybridized carbons (Fsp3) is 0.250. The summed E-state index contributed by atoms with van der Waals surface area (Å²) in [5.74, 6) is 0.764. The normalized spacial score (nSPS) is 10.4. The number of nitrogens with zero attached hydrogens (tertiary/aromatic N) is 5. The van der Waals surface area contributed by atoms with Crippen LogP contribution >= 0.6 is 0 Å². The highest BCUT2D eigenvalue weighted by Gasteiger charge is 2.05. The third kappa shape index (κ3) is 1.60. The second-order valence-electron chi connectivity index (χ2n) is 2.75. The van der Waals surface area contributed by atoms with Crippen LogP contribution in [0.3, 0.4) is 0 Å². The van der Waals surface area contributed by atoms with Crippen LogP contribution in [0.5, 0.6) is 0 Å². The Hall–Kier alpha value is -1.82. The molecular formula is C8H10N6. The van der Waals surface area contributed by atoms with Crippen molar-refractivity contribution in [1.82, 2.24) is 30.5 Å². The van der Waals surface area contributed by atoms with Crippen molar-refractivity contribution in [3.63, 3.8) is 0 Å². The summed E-state index contributed by atoms with van der Waals surface area (Å²) < 4.78 is 1.66. The van der Waals surface area contributed by atoms with Crippen LogP contribution in [0.15, 0.2) is 24.5 Å². The van der Waals surface area contributed by atoms with E-state index in [1.165, 1.54) is 0 Å². The summed E-state index contributed by atoms with van der Waals surface area (Å²) in [6, 6.07) is 3.75. The molecule has 1 N–H and O–H groups in total. The van der Waals surface area contributed by atoms with E-state index in [1.807, 2.05) is 19.2 Å². The van der Waals surface area contributed by atoms with Gasteiger partial charge in [-0.15, -0.1) is 5.10 Å². The highest BCUT2D eigenvalue weighted by Crippen LogP contribution is 2.04. The first-order valence-electron chi connectivity index (χ1n) is 4.24. The minimum Gasteiger partial charge on any atom is -0.313 e. The highest BCUT2D eigenvalue weighted by atomic mass is 15.5. The highest BCUT2D eigenvalue weighted by molar-refractivity contribution is 5.26. The molecule has 0 atom stereocenters. The van der Waals surface area contributed by atoms with Gasteiger partial charge >= 0.3 is 0 Å². The van der Waals surface area contributed by atoms with Crippen molar-refractivity contribution in [2.24, 2.45) is 0 Å². The summed E-state index contributed by atoms with van der Waals surface area (Å²) in [6.07, 6.45) is 3.43. The lowest BCUT2D eigenvalue weighted by Crippen LogP contribution is -2.12. The largest absolute Gasteiger partial charge is 0.313 e. The van der Waals surface area contributed by atoms with Gasteiger partial charge in [0.05, 0.1) is 18.4 Å². The minimum absolute atomic E-state index is 0.627. The lowest BCUT2D eigenvalue weighted by Gasteiger charge is -2.01. The van der Waals surface area contributed by atoms with E-state index in [0.717, 1.165) is 11.5 Å². The third-order valence-electron chi connectivity index (χ3n) is 1.76. The van der Waals surface area contributed by atoms with Gasteiger partial charge in [0.1, 0.15) is 0 Å². The first-order chi connectivity index (χ1) is 6.92. The Morgan fingerprint density at radius 2 is 2.43 bits per heavy atom. The Morgan fingerprint density at radius 3 is 3.14 bits per heavy atom. The molecule has 2 aromatic rings. The number of pyridine rings is 1. The van der Waals surface area contributed by atoms with Gasteiger partial charge in [0.25, 0.3) is 0 Å². The van der Waals surface area contributed by atoms with E-state index in [2.05, 4.69) is 25.8 Å². The zero-order valence-corrected chi connectivity index (χ0v) is 7.75. The van der Waals surface area contributed by atoms with E-state index < -0.39 is 0 Å². The Bertz CT molecular complexity index is 395. The van der Waals surface area contributed by atoms with E-state index in [-0.39, 0.29) is 0 Å². The zero-order valence-electron chi connectivity index (χ0n) is 7.75. The number of hydrogen-bond donors (Lipinski definition) is 1. The molecule has 0 spiro atoms. The second kappa shape index (κ2) is 3.93. The lowest BCUT2D eigenvalue weighted by molar-refractivity contribution is 0.707. The maximum Gasteiger partial charge on any atom is 0.170 e. The maximum atomic E-state index is 4.01. The SMILES string of the molecule is CNCc1nnnn1-c1cccnc1. The molecule has 0 bridgehead atoms. The summed E-state index contributed by atoms with van der Waals surface area (Å²) in [5.41, 5.74) is 0.864. The number of nitrogens with one attached hydrogen (secondary N) is 1. The molecular weight excluding hydrogens is 180 g/mol. The van der Waals surface area contributed by atoms with E-state index in [0.29, 0.717) is 6.54 Å². The van der Waals surface area contributed by atoms with Crippen LogP contribution in [-0.2, 0) is 6.54 Å². The van der Waals surface area contributed by atoms with Crippen LogP contribution in [0, 0.1) is 0 Å². The Labute approximate surface area is 81.0 Å². The molecule has 0 fully saturated rings. The lowest BCUT2D eigenvalue weighted by atomic mass is 10.4. The van der Waals surface area contributed by atoms with Gasteiger partial charge < -0.3 is 5.32 Å². The first kappa shape index (κ1) is 8.76.